The van der Waals surface area contributed by atoms with Gasteiger partial charge < -0.3 is 18.9 Å². The number of hydrogen-bond donors (Lipinski definition) is 1. The maximum absolute atomic E-state index is 12.4. The maximum Gasteiger partial charge on any atom is 0.276 e. The molecule has 0 bridgehead atoms. The quantitative estimate of drug-likeness (QED) is 0.487. The Labute approximate surface area is 169 Å². The van der Waals surface area contributed by atoms with Crippen molar-refractivity contribution in [3.63, 3.8) is 0 Å². The third-order valence-corrected chi connectivity index (χ3v) is 5.09. The molecule has 2 rings (SSSR count). The van der Waals surface area contributed by atoms with Crippen LogP contribution in [-0.4, -0.2) is 42.6 Å². The van der Waals surface area contributed by atoms with Gasteiger partial charge in [-0.15, -0.1) is 0 Å². The van der Waals surface area contributed by atoms with Crippen molar-refractivity contribution in [3.8, 4) is 23.0 Å². The van der Waals surface area contributed by atoms with Gasteiger partial charge in [-0.2, -0.15) is 13.5 Å². The van der Waals surface area contributed by atoms with Crippen LogP contribution < -0.4 is 23.8 Å². The van der Waals surface area contributed by atoms with E-state index in [1.54, 1.807) is 12.1 Å². The van der Waals surface area contributed by atoms with E-state index in [1.807, 2.05) is 6.92 Å². The molecule has 28 heavy (non-hydrogen) atoms. The molecule has 0 unspecified atom stereocenters. The number of methoxy groups -OCH3 is 3. The minimum absolute atomic E-state index is 0.0235. The van der Waals surface area contributed by atoms with Crippen molar-refractivity contribution in [2.24, 2.45) is 5.10 Å². The van der Waals surface area contributed by atoms with Crippen LogP contribution in [0.3, 0.4) is 0 Å². The highest BCUT2D eigenvalue weighted by Crippen LogP contribution is 2.36. The second-order valence-electron chi connectivity index (χ2n) is 5.34. The van der Waals surface area contributed by atoms with E-state index < -0.39 is 10.0 Å². The van der Waals surface area contributed by atoms with Crippen LogP contribution in [-0.2, 0) is 10.0 Å². The largest absolute Gasteiger partial charge is 0.493 e. The first kappa shape index (κ1) is 21.6. The minimum Gasteiger partial charge on any atom is -0.493 e. The monoisotopic (exact) mass is 428 g/mol. The van der Waals surface area contributed by atoms with Crippen LogP contribution in [0.1, 0.15) is 12.5 Å². The second-order valence-corrected chi connectivity index (χ2v) is 7.40. The smallest absolute Gasteiger partial charge is 0.276 e. The Morgan fingerprint density at radius 3 is 2.32 bits per heavy atom. The van der Waals surface area contributed by atoms with Crippen molar-refractivity contribution in [2.75, 3.05) is 27.9 Å². The van der Waals surface area contributed by atoms with E-state index in [-0.39, 0.29) is 10.6 Å². The lowest BCUT2D eigenvalue weighted by Crippen LogP contribution is -2.18. The number of ether oxygens (including phenoxy) is 4. The summed E-state index contributed by atoms with van der Waals surface area (Å²) in [5.74, 6) is 1.53. The van der Waals surface area contributed by atoms with Crippen molar-refractivity contribution < 1.29 is 27.4 Å². The van der Waals surface area contributed by atoms with Crippen molar-refractivity contribution in [1.29, 1.82) is 0 Å². The Bertz CT molecular complexity index is 963. The van der Waals surface area contributed by atoms with Crippen LogP contribution in [0.15, 0.2) is 40.3 Å². The first-order valence-electron chi connectivity index (χ1n) is 8.13. The summed E-state index contributed by atoms with van der Waals surface area (Å²) in [6.07, 6.45) is 1.31. The van der Waals surface area contributed by atoms with Gasteiger partial charge in [-0.05, 0) is 36.8 Å². The molecule has 0 aliphatic rings. The molecule has 1 N–H and O–H groups in total. The molecule has 0 spiro atoms. The molecule has 0 atom stereocenters. The fourth-order valence-electron chi connectivity index (χ4n) is 2.31. The topological polar surface area (TPSA) is 95.5 Å². The number of hydrogen-bond acceptors (Lipinski definition) is 7. The molecule has 0 aliphatic heterocycles. The standard InChI is InChI=1S/C18H21ClN2O6S/c1-5-27-18-14(19)8-12(9-17(18)26-4)11-20-21-28(22,23)13-6-7-15(24-2)16(10-13)25-3/h6-11,21H,5H2,1-4H3/b20-11+. The van der Waals surface area contributed by atoms with E-state index in [2.05, 4.69) is 9.93 Å². The maximum atomic E-state index is 12.4. The van der Waals surface area contributed by atoms with Crippen LogP contribution in [0.25, 0.3) is 0 Å². The summed E-state index contributed by atoms with van der Waals surface area (Å²) in [7, 11) is 0.461. The van der Waals surface area contributed by atoms with Gasteiger partial charge in [0.05, 0.1) is 44.1 Å². The van der Waals surface area contributed by atoms with Crippen LogP contribution in [0.5, 0.6) is 23.0 Å². The van der Waals surface area contributed by atoms with E-state index in [1.165, 1.54) is 45.7 Å². The Hall–Kier alpha value is -2.65. The Balaban J connectivity index is 2.23. The molecule has 0 radical (unpaired) electrons. The number of nitrogens with one attached hydrogen (secondary N) is 1. The third-order valence-electron chi connectivity index (χ3n) is 3.59. The number of rotatable bonds is 9. The first-order valence-corrected chi connectivity index (χ1v) is 9.99. The van der Waals surface area contributed by atoms with Gasteiger partial charge in [0.15, 0.2) is 23.0 Å². The summed E-state index contributed by atoms with van der Waals surface area (Å²) in [5.41, 5.74) is 0.528. The van der Waals surface area contributed by atoms with E-state index in [0.29, 0.717) is 34.4 Å². The molecular formula is C18H21ClN2O6S. The van der Waals surface area contributed by atoms with Gasteiger partial charge in [-0.3, -0.25) is 0 Å². The van der Waals surface area contributed by atoms with Gasteiger partial charge in [0.1, 0.15) is 0 Å². The summed E-state index contributed by atoms with van der Waals surface area (Å²) in [6.45, 7) is 2.25. The van der Waals surface area contributed by atoms with Crippen molar-refractivity contribution in [1.82, 2.24) is 4.83 Å². The first-order chi connectivity index (χ1) is 13.4. The summed E-state index contributed by atoms with van der Waals surface area (Å²) in [6, 6.07) is 7.44. The molecule has 0 amide bonds. The molecule has 0 aromatic heterocycles. The lowest BCUT2D eigenvalue weighted by Gasteiger charge is -2.12. The highest BCUT2D eigenvalue weighted by molar-refractivity contribution is 7.89. The van der Waals surface area contributed by atoms with Crippen LogP contribution in [0.2, 0.25) is 5.02 Å². The van der Waals surface area contributed by atoms with Crippen LogP contribution >= 0.6 is 11.6 Å². The summed E-state index contributed by atoms with van der Waals surface area (Å²) in [5, 5.41) is 4.11. The van der Waals surface area contributed by atoms with Gasteiger partial charge in [-0.1, -0.05) is 11.6 Å². The predicted molar refractivity (Wildman–Crippen MR) is 107 cm³/mol. The lowest BCUT2D eigenvalue weighted by molar-refractivity contribution is 0.311. The van der Waals surface area contributed by atoms with Gasteiger partial charge in [-0.25, -0.2) is 4.83 Å². The SMILES string of the molecule is CCOc1c(Cl)cc(/C=N/NS(=O)(=O)c2ccc(OC)c(OC)c2)cc1OC. The Kier molecular flexibility index (Phi) is 7.36. The van der Waals surface area contributed by atoms with Crippen molar-refractivity contribution in [3.05, 3.63) is 40.9 Å². The molecule has 0 heterocycles. The molecule has 8 nitrogen and oxygen atoms in total. The average molecular weight is 429 g/mol. The average Bonchev–Trinajstić information content (AvgIpc) is 2.69. The van der Waals surface area contributed by atoms with Gasteiger partial charge in [0, 0.05) is 6.07 Å². The zero-order chi connectivity index (χ0) is 20.7. The molecule has 0 fully saturated rings. The molecule has 0 saturated carbocycles. The van der Waals surface area contributed by atoms with Crippen molar-refractivity contribution >= 4 is 27.8 Å². The number of nitrogens with zero attached hydrogens (tertiary/aromatic N) is 1. The van der Waals surface area contributed by atoms with Gasteiger partial charge in [0.2, 0.25) is 0 Å². The van der Waals surface area contributed by atoms with E-state index in [9.17, 15) is 8.42 Å². The highest BCUT2D eigenvalue weighted by Gasteiger charge is 2.16. The molecular weight excluding hydrogens is 408 g/mol. The molecule has 2 aromatic rings. The Morgan fingerprint density at radius 2 is 1.71 bits per heavy atom. The van der Waals surface area contributed by atoms with Gasteiger partial charge in [0.25, 0.3) is 10.0 Å². The number of benzene rings is 2. The summed E-state index contributed by atoms with van der Waals surface area (Å²) < 4.78 is 45.8. The summed E-state index contributed by atoms with van der Waals surface area (Å²) >= 11 is 6.19. The Morgan fingerprint density at radius 1 is 1.04 bits per heavy atom. The van der Waals surface area contributed by atoms with E-state index >= 15 is 0 Å². The zero-order valence-electron chi connectivity index (χ0n) is 15.9. The predicted octanol–water partition coefficient (Wildman–Crippen LogP) is 3.08. The normalized spacial score (nSPS) is 11.3. The van der Waals surface area contributed by atoms with Crippen molar-refractivity contribution in [2.45, 2.75) is 11.8 Å². The summed E-state index contributed by atoms with van der Waals surface area (Å²) in [4.78, 5) is 2.12. The fraction of sp³-hybridized carbons (Fsp3) is 0.278. The minimum atomic E-state index is -3.90. The fourth-order valence-corrected chi connectivity index (χ4v) is 3.39. The molecule has 2 aromatic carbocycles. The number of sulfonamides is 1. The van der Waals surface area contributed by atoms with E-state index in [4.69, 9.17) is 30.5 Å². The van der Waals surface area contributed by atoms with Crippen LogP contribution in [0, 0.1) is 0 Å². The molecule has 152 valence electrons. The zero-order valence-corrected chi connectivity index (χ0v) is 17.4. The van der Waals surface area contributed by atoms with Crippen LogP contribution in [0.4, 0.5) is 0 Å². The third kappa shape index (κ3) is 4.99. The highest BCUT2D eigenvalue weighted by atomic mass is 35.5. The molecule has 0 aliphatic carbocycles. The molecule has 10 heteroatoms. The molecule has 0 saturated heterocycles. The van der Waals surface area contributed by atoms with E-state index in [0.717, 1.165) is 0 Å². The lowest BCUT2D eigenvalue weighted by atomic mass is 10.2. The van der Waals surface area contributed by atoms with Gasteiger partial charge >= 0.3 is 0 Å². The number of halogens is 1. The number of hydrazone groups is 1. The second kappa shape index (κ2) is 9.52.